The van der Waals surface area contributed by atoms with Gasteiger partial charge in [0.25, 0.3) is 0 Å². The molecule has 3 N–H and O–H groups in total. The number of nitrogens with zero attached hydrogens (tertiary/aromatic N) is 1. The Hall–Kier alpha value is -2.67. The molecule has 3 atom stereocenters. The topological polar surface area (TPSA) is 125 Å². The Morgan fingerprint density at radius 3 is 2.55 bits per heavy atom. The van der Waals surface area contributed by atoms with Crippen molar-refractivity contribution >= 4 is 52.3 Å². The number of aldehydes is 1. The smallest absolute Gasteiger partial charge is 0.247 e. The van der Waals surface area contributed by atoms with Gasteiger partial charge in [-0.2, -0.15) is 0 Å². The standard InChI is InChI=1S/C31H36ClIN2O7/c1-41-27-13-21(18-37)12-24(33)30(27)42-26-16-22(31(40)34-10-11-36)15-25(29(26)39)35(17-20-6-8-23(32)9-7-20)28(38)14-19-4-2-3-5-19/h6-9,12-13,16,18-19,25-26,29,36,39H,2-5,10-11,14-15,17H2,1H3,(H,34,40)/t25-,26+,29+/m1/s1. The van der Waals surface area contributed by atoms with Crippen LogP contribution in [0.5, 0.6) is 11.5 Å². The molecule has 11 heteroatoms. The fourth-order valence-corrected chi connectivity index (χ4v) is 6.47. The average molecular weight is 711 g/mol. The summed E-state index contributed by atoms with van der Waals surface area (Å²) in [4.78, 5) is 40.1. The number of ether oxygens (including phenoxy) is 2. The molecule has 0 heterocycles. The minimum Gasteiger partial charge on any atom is -0.493 e. The maximum Gasteiger partial charge on any atom is 0.247 e. The molecule has 0 spiro atoms. The highest BCUT2D eigenvalue weighted by atomic mass is 127. The van der Waals surface area contributed by atoms with E-state index in [2.05, 4.69) is 5.32 Å². The molecule has 1 saturated carbocycles. The molecule has 2 aliphatic carbocycles. The largest absolute Gasteiger partial charge is 0.493 e. The predicted octanol–water partition coefficient (Wildman–Crippen LogP) is 4.29. The van der Waals surface area contributed by atoms with E-state index in [9.17, 15) is 24.6 Å². The molecule has 0 saturated heterocycles. The minimum atomic E-state index is -1.19. The van der Waals surface area contributed by atoms with Crippen molar-refractivity contribution in [2.75, 3.05) is 20.3 Å². The lowest BCUT2D eigenvalue weighted by molar-refractivity contribution is -0.140. The van der Waals surface area contributed by atoms with Crippen LogP contribution in [0.2, 0.25) is 5.02 Å². The van der Waals surface area contributed by atoms with E-state index in [-0.39, 0.29) is 37.9 Å². The van der Waals surface area contributed by atoms with Crippen LogP contribution < -0.4 is 14.8 Å². The molecule has 9 nitrogen and oxygen atoms in total. The first-order chi connectivity index (χ1) is 20.2. The van der Waals surface area contributed by atoms with Crippen molar-refractivity contribution in [3.05, 3.63) is 67.8 Å². The summed E-state index contributed by atoms with van der Waals surface area (Å²) >= 11 is 8.13. The number of aliphatic hydroxyl groups excluding tert-OH is 2. The molecular weight excluding hydrogens is 675 g/mol. The number of methoxy groups -OCH3 is 1. The maximum absolute atomic E-state index is 13.9. The molecule has 2 amide bonds. The van der Waals surface area contributed by atoms with Crippen molar-refractivity contribution < 1.29 is 34.1 Å². The molecule has 2 aromatic rings. The first-order valence-electron chi connectivity index (χ1n) is 14.0. The number of carbonyl (C=O) groups is 3. The zero-order chi connectivity index (χ0) is 30.2. The zero-order valence-corrected chi connectivity index (χ0v) is 26.3. The summed E-state index contributed by atoms with van der Waals surface area (Å²) in [6, 6.07) is 9.58. The van der Waals surface area contributed by atoms with Crippen LogP contribution in [-0.2, 0) is 16.1 Å². The van der Waals surface area contributed by atoms with Gasteiger partial charge in [0.2, 0.25) is 11.8 Å². The zero-order valence-electron chi connectivity index (χ0n) is 23.4. The van der Waals surface area contributed by atoms with Gasteiger partial charge in [-0.1, -0.05) is 36.6 Å². The molecule has 226 valence electrons. The van der Waals surface area contributed by atoms with Crippen molar-refractivity contribution in [1.82, 2.24) is 10.2 Å². The Kier molecular flexibility index (Phi) is 11.7. The highest BCUT2D eigenvalue weighted by Gasteiger charge is 2.41. The first kappa shape index (κ1) is 32.2. The third-order valence-electron chi connectivity index (χ3n) is 7.78. The van der Waals surface area contributed by atoms with Crippen LogP contribution in [0.25, 0.3) is 0 Å². The fraction of sp³-hybridized carbons (Fsp3) is 0.452. The Balaban J connectivity index is 1.71. The van der Waals surface area contributed by atoms with E-state index < -0.39 is 24.2 Å². The highest BCUT2D eigenvalue weighted by Crippen LogP contribution is 2.37. The van der Waals surface area contributed by atoms with E-state index >= 15 is 0 Å². The van der Waals surface area contributed by atoms with Gasteiger partial charge < -0.3 is 29.9 Å². The summed E-state index contributed by atoms with van der Waals surface area (Å²) in [6.45, 7) is 0.0481. The molecule has 0 radical (unpaired) electrons. The summed E-state index contributed by atoms with van der Waals surface area (Å²) < 4.78 is 12.4. The highest BCUT2D eigenvalue weighted by molar-refractivity contribution is 14.1. The van der Waals surface area contributed by atoms with Crippen LogP contribution in [0.3, 0.4) is 0 Å². The normalized spacial score (nSPS) is 20.5. The van der Waals surface area contributed by atoms with Crippen LogP contribution in [-0.4, -0.2) is 71.7 Å². The van der Waals surface area contributed by atoms with Gasteiger partial charge in [-0.05, 0) is 77.3 Å². The molecule has 0 bridgehead atoms. The van der Waals surface area contributed by atoms with Crippen LogP contribution in [0.4, 0.5) is 0 Å². The van der Waals surface area contributed by atoms with Gasteiger partial charge in [0.1, 0.15) is 18.5 Å². The van der Waals surface area contributed by atoms with Crippen LogP contribution in [0.1, 0.15) is 54.4 Å². The van der Waals surface area contributed by atoms with E-state index in [0.29, 0.717) is 43.9 Å². The van der Waals surface area contributed by atoms with Crippen molar-refractivity contribution in [2.24, 2.45) is 5.92 Å². The lowest BCUT2D eigenvalue weighted by atomic mass is 9.87. The molecule has 2 aliphatic rings. The molecule has 0 unspecified atom stereocenters. The number of carbonyl (C=O) groups excluding carboxylic acids is 3. The Morgan fingerprint density at radius 2 is 1.90 bits per heavy atom. The minimum absolute atomic E-state index is 0.0584. The predicted molar refractivity (Wildman–Crippen MR) is 167 cm³/mol. The number of rotatable bonds is 12. The SMILES string of the molecule is COc1cc(C=O)cc(I)c1O[C@H]1C=C(C(=O)NCCO)C[C@@H](N(Cc2ccc(Cl)cc2)C(=O)CC2CCCC2)[C@@H]1O. The molecule has 2 aromatic carbocycles. The third-order valence-corrected chi connectivity index (χ3v) is 8.83. The Labute approximate surface area is 264 Å². The van der Waals surface area contributed by atoms with Gasteiger partial charge in [-0.15, -0.1) is 0 Å². The summed E-state index contributed by atoms with van der Waals surface area (Å²) in [6.07, 6.45) is 4.67. The van der Waals surface area contributed by atoms with Gasteiger partial charge in [-0.3, -0.25) is 14.4 Å². The van der Waals surface area contributed by atoms with Crippen molar-refractivity contribution in [1.29, 1.82) is 0 Å². The fourth-order valence-electron chi connectivity index (χ4n) is 5.59. The average Bonchev–Trinajstić information content (AvgIpc) is 3.50. The molecule has 0 aromatic heterocycles. The van der Waals surface area contributed by atoms with Gasteiger partial charge in [0.05, 0.1) is 23.3 Å². The van der Waals surface area contributed by atoms with Crippen LogP contribution in [0, 0.1) is 9.49 Å². The van der Waals surface area contributed by atoms with E-state index in [1.807, 2.05) is 34.7 Å². The van der Waals surface area contributed by atoms with Crippen molar-refractivity contribution in [3.8, 4) is 11.5 Å². The van der Waals surface area contributed by atoms with Gasteiger partial charge in [0.15, 0.2) is 11.5 Å². The summed E-state index contributed by atoms with van der Waals surface area (Å²) in [5, 5.41) is 24.3. The van der Waals surface area contributed by atoms with E-state index in [1.165, 1.54) is 13.2 Å². The molecular formula is C31H36ClIN2O7. The van der Waals surface area contributed by atoms with Crippen LogP contribution >= 0.6 is 34.2 Å². The summed E-state index contributed by atoms with van der Waals surface area (Å²) in [5.41, 5.74) is 1.57. The lowest BCUT2D eigenvalue weighted by Gasteiger charge is -2.41. The van der Waals surface area contributed by atoms with E-state index in [1.54, 1.807) is 29.2 Å². The lowest BCUT2D eigenvalue weighted by Crippen LogP contribution is -2.55. The number of halogens is 2. The molecule has 1 fully saturated rings. The molecule has 4 rings (SSSR count). The molecule has 42 heavy (non-hydrogen) atoms. The first-order valence-corrected chi connectivity index (χ1v) is 15.5. The van der Waals surface area contributed by atoms with Gasteiger partial charge >= 0.3 is 0 Å². The van der Waals surface area contributed by atoms with Crippen LogP contribution in [0.15, 0.2) is 48.0 Å². The summed E-state index contributed by atoms with van der Waals surface area (Å²) in [5.74, 6) is 0.374. The Morgan fingerprint density at radius 1 is 1.19 bits per heavy atom. The second-order valence-corrected chi connectivity index (χ2v) is 12.3. The number of aliphatic hydroxyl groups is 2. The third kappa shape index (κ3) is 8.03. The monoisotopic (exact) mass is 710 g/mol. The van der Waals surface area contributed by atoms with E-state index in [0.717, 1.165) is 31.2 Å². The number of benzene rings is 2. The van der Waals surface area contributed by atoms with Crippen molar-refractivity contribution in [3.63, 3.8) is 0 Å². The number of nitrogens with one attached hydrogen (secondary N) is 1. The quantitative estimate of drug-likeness (QED) is 0.222. The Bertz CT molecular complexity index is 1300. The van der Waals surface area contributed by atoms with E-state index in [4.69, 9.17) is 21.1 Å². The van der Waals surface area contributed by atoms with Gasteiger partial charge in [-0.25, -0.2) is 0 Å². The number of amides is 2. The van der Waals surface area contributed by atoms with Gasteiger partial charge in [0, 0.05) is 42.1 Å². The number of hydrogen-bond acceptors (Lipinski definition) is 7. The second kappa shape index (κ2) is 15.2. The maximum atomic E-state index is 13.9. The second-order valence-electron chi connectivity index (χ2n) is 10.7. The van der Waals surface area contributed by atoms with Crippen molar-refractivity contribution in [2.45, 2.75) is 63.3 Å². The summed E-state index contributed by atoms with van der Waals surface area (Å²) in [7, 11) is 1.45. The number of hydrogen-bond donors (Lipinski definition) is 3. The molecule has 0 aliphatic heterocycles.